The van der Waals surface area contributed by atoms with Crippen LogP contribution >= 0.6 is 11.3 Å². The Kier molecular flexibility index (Phi) is 3.02. The molecular formula is C10H15N3OS. The van der Waals surface area contributed by atoms with Gasteiger partial charge in [-0.3, -0.25) is 4.79 Å². The smallest absolute Gasteiger partial charge is 0.230 e. The molecule has 0 aliphatic heterocycles. The first-order chi connectivity index (χ1) is 7.20. The van der Waals surface area contributed by atoms with Gasteiger partial charge >= 0.3 is 0 Å². The number of nitrogens with two attached hydrogens (primary N) is 1. The lowest BCUT2D eigenvalue weighted by molar-refractivity contribution is -0.119. The highest BCUT2D eigenvalue weighted by atomic mass is 32.1. The highest BCUT2D eigenvalue weighted by molar-refractivity contribution is 7.15. The summed E-state index contributed by atoms with van der Waals surface area (Å²) in [5.41, 5.74) is 6.58. The van der Waals surface area contributed by atoms with E-state index in [1.807, 2.05) is 6.92 Å². The lowest BCUT2D eigenvalue weighted by Crippen LogP contribution is -2.26. The number of rotatable bonds is 3. The molecular weight excluding hydrogens is 210 g/mol. The van der Waals surface area contributed by atoms with Crippen LogP contribution in [-0.2, 0) is 17.6 Å². The Bertz CT molecular complexity index is 353. The fraction of sp³-hybridized carbons (Fsp3) is 0.600. The summed E-state index contributed by atoms with van der Waals surface area (Å²) in [4.78, 5) is 17.3. The summed E-state index contributed by atoms with van der Waals surface area (Å²) in [5.74, 6) is -0.186. The van der Waals surface area contributed by atoms with Crippen molar-refractivity contribution in [2.45, 2.75) is 26.2 Å². The van der Waals surface area contributed by atoms with Crippen LogP contribution < -0.4 is 11.1 Å². The van der Waals surface area contributed by atoms with Crippen molar-refractivity contribution < 1.29 is 4.79 Å². The van der Waals surface area contributed by atoms with Gasteiger partial charge in [-0.05, 0) is 19.3 Å². The molecule has 1 unspecified atom stereocenters. The number of aryl methyl sites for hydroxylation is 2. The molecule has 0 radical (unpaired) electrons. The van der Waals surface area contributed by atoms with Gasteiger partial charge in [-0.25, -0.2) is 4.98 Å². The fourth-order valence-electron chi connectivity index (χ4n) is 1.58. The number of carbonyl (C=O) groups excluding carboxylic acids is 1. The van der Waals surface area contributed by atoms with E-state index in [4.69, 9.17) is 5.73 Å². The van der Waals surface area contributed by atoms with Crippen LogP contribution in [0.3, 0.4) is 0 Å². The molecule has 1 aliphatic rings. The van der Waals surface area contributed by atoms with E-state index in [2.05, 4.69) is 10.3 Å². The van der Waals surface area contributed by atoms with E-state index in [9.17, 15) is 4.79 Å². The lowest BCUT2D eigenvalue weighted by atomic mass is 10.2. The Balaban J connectivity index is 2.02. The summed E-state index contributed by atoms with van der Waals surface area (Å²) in [5, 5.41) is 3.54. The Morgan fingerprint density at radius 3 is 3.13 bits per heavy atom. The largest absolute Gasteiger partial charge is 0.330 e. The zero-order valence-corrected chi connectivity index (χ0v) is 9.56. The fourth-order valence-corrected chi connectivity index (χ4v) is 2.63. The first-order valence-electron chi connectivity index (χ1n) is 5.20. The molecule has 1 aromatic heterocycles. The predicted molar refractivity (Wildman–Crippen MR) is 61.0 cm³/mol. The molecule has 5 heteroatoms. The Morgan fingerprint density at radius 2 is 2.47 bits per heavy atom. The number of amides is 1. The van der Waals surface area contributed by atoms with E-state index in [1.165, 1.54) is 11.3 Å². The van der Waals surface area contributed by atoms with Gasteiger partial charge in [-0.1, -0.05) is 6.92 Å². The monoisotopic (exact) mass is 225 g/mol. The average molecular weight is 225 g/mol. The summed E-state index contributed by atoms with van der Waals surface area (Å²) in [7, 11) is 0. The standard InChI is InChI=1S/C10H15N3OS/c1-6(5-11)9(14)13-10-12-7-3-2-4-8(7)15-10/h6H,2-5,11H2,1H3,(H,12,13,14). The van der Waals surface area contributed by atoms with Crippen LogP contribution in [-0.4, -0.2) is 17.4 Å². The minimum Gasteiger partial charge on any atom is -0.330 e. The number of hydrogen-bond acceptors (Lipinski definition) is 4. The number of anilines is 1. The van der Waals surface area contributed by atoms with Gasteiger partial charge in [0, 0.05) is 17.3 Å². The van der Waals surface area contributed by atoms with E-state index >= 15 is 0 Å². The summed E-state index contributed by atoms with van der Waals surface area (Å²) in [6, 6.07) is 0. The summed E-state index contributed by atoms with van der Waals surface area (Å²) >= 11 is 1.59. The number of hydrogen-bond donors (Lipinski definition) is 2. The Morgan fingerprint density at radius 1 is 1.67 bits per heavy atom. The molecule has 82 valence electrons. The highest BCUT2D eigenvalue weighted by Gasteiger charge is 2.19. The van der Waals surface area contributed by atoms with Gasteiger partial charge in [-0.2, -0.15) is 0 Å². The van der Waals surface area contributed by atoms with Crippen molar-refractivity contribution in [2.24, 2.45) is 11.7 Å². The van der Waals surface area contributed by atoms with Crippen LogP contribution in [0.25, 0.3) is 0 Å². The van der Waals surface area contributed by atoms with Crippen molar-refractivity contribution in [1.82, 2.24) is 4.98 Å². The number of thiazole rings is 1. The number of fused-ring (bicyclic) bond motifs is 1. The number of nitrogens with one attached hydrogen (secondary N) is 1. The van der Waals surface area contributed by atoms with Gasteiger partial charge in [0.1, 0.15) is 0 Å². The molecule has 0 bridgehead atoms. The number of aromatic nitrogens is 1. The van der Waals surface area contributed by atoms with Gasteiger partial charge in [0.15, 0.2) is 5.13 Å². The maximum absolute atomic E-state index is 11.5. The minimum atomic E-state index is -0.149. The van der Waals surface area contributed by atoms with E-state index in [0.29, 0.717) is 6.54 Å². The van der Waals surface area contributed by atoms with Crippen LogP contribution in [0.1, 0.15) is 23.9 Å². The molecule has 0 saturated heterocycles. The van der Waals surface area contributed by atoms with Crippen LogP contribution in [0.2, 0.25) is 0 Å². The molecule has 0 saturated carbocycles. The third-order valence-electron chi connectivity index (χ3n) is 2.63. The van der Waals surface area contributed by atoms with E-state index in [0.717, 1.165) is 23.7 Å². The molecule has 1 atom stereocenters. The van der Waals surface area contributed by atoms with Crippen molar-refractivity contribution in [1.29, 1.82) is 0 Å². The van der Waals surface area contributed by atoms with Gasteiger partial charge in [0.25, 0.3) is 0 Å². The zero-order chi connectivity index (χ0) is 10.8. The molecule has 1 heterocycles. The first kappa shape index (κ1) is 10.6. The van der Waals surface area contributed by atoms with Crippen molar-refractivity contribution in [2.75, 3.05) is 11.9 Å². The molecule has 0 fully saturated rings. The molecule has 1 amide bonds. The summed E-state index contributed by atoms with van der Waals surface area (Å²) in [6.07, 6.45) is 3.35. The highest BCUT2D eigenvalue weighted by Crippen LogP contribution is 2.30. The van der Waals surface area contributed by atoms with Crippen molar-refractivity contribution in [3.63, 3.8) is 0 Å². The van der Waals surface area contributed by atoms with Crippen molar-refractivity contribution in [3.8, 4) is 0 Å². The summed E-state index contributed by atoms with van der Waals surface area (Å²) in [6.45, 7) is 2.19. The quantitative estimate of drug-likeness (QED) is 0.811. The van der Waals surface area contributed by atoms with Crippen molar-refractivity contribution >= 4 is 22.4 Å². The second kappa shape index (κ2) is 4.28. The third kappa shape index (κ3) is 2.18. The maximum atomic E-state index is 11.5. The molecule has 1 aromatic rings. The Hall–Kier alpha value is -0.940. The van der Waals surface area contributed by atoms with Gasteiger partial charge in [0.2, 0.25) is 5.91 Å². The molecule has 3 N–H and O–H groups in total. The van der Waals surface area contributed by atoms with Gasteiger partial charge in [-0.15, -0.1) is 11.3 Å². The van der Waals surface area contributed by atoms with Crippen LogP contribution in [0.4, 0.5) is 5.13 Å². The first-order valence-corrected chi connectivity index (χ1v) is 6.02. The summed E-state index contributed by atoms with van der Waals surface area (Å²) < 4.78 is 0. The SMILES string of the molecule is CC(CN)C(=O)Nc1nc2c(s1)CCC2. The number of carbonyl (C=O) groups is 1. The molecule has 15 heavy (non-hydrogen) atoms. The van der Waals surface area contributed by atoms with Crippen LogP contribution in [0.5, 0.6) is 0 Å². The van der Waals surface area contributed by atoms with E-state index in [-0.39, 0.29) is 11.8 Å². The topological polar surface area (TPSA) is 68.0 Å². The number of nitrogens with zero attached hydrogens (tertiary/aromatic N) is 1. The van der Waals surface area contributed by atoms with Crippen LogP contribution in [0.15, 0.2) is 0 Å². The predicted octanol–water partition coefficient (Wildman–Crippen LogP) is 1.17. The molecule has 1 aliphatic carbocycles. The Labute approximate surface area is 92.9 Å². The third-order valence-corrected chi connectivity index (χ3v) is 3.70. The van der Waals surface area contributed by atoms with Gasteiger partial charge in [0.05, 0.1) is 5.69 Å². The molecule has 2 rings (SSSR count). The second-order valence-electron chi connectivity index (χ2n) is 3.87. The zero-order valence-electron chi connectivity index (χ0n) is 8.75. The van der Waals surface area contributed by atoms with Crippen LogP contribution in [0, 0.1) is 5.92 Å². The normalized spacial score (nSPS) is 16.1. The second-order valence-corrected chi connectivity index (χ2v) is 4.95. The maximum Gasteiger partial charge on any atom is 0.230 e. The molecule has 4 nitrogen and oxygen atoms in total. The van der Waals surface area contributed by atoms with E-state index in [1.54, 1.807) is 11.3 Å². The minimum absolute atomic E-state index is 0.0371. The molecule has 0 aromatic carbocycles. The molecule has 0 spiro atoms. The average Bonchev–Trinajstić information content (AvgIpc) is 2.76. The van der Waals surface area contributed by atoms with E-state index < -0.39 is 0 Å². The van der Waals surface area contributed by atoms with Crippen molar-refractivity contribution in [3.05, 3.63) is 10.6 Å². The van der Waals surface area contributed by atoms with Gasteiger partial charge < -0.3 is 11.1 Å². The lowest BCUT2D eigenvalue weighted by Gasteiger charge is -2.06.